The van der Waals surface area contributed by atoms with Crippen LogP contribution in [0.5, 0.6) is 0 Å². The fraction of sp³-hybridized carbons (Fsp3) is 0.588. The molecule has 1 fully saturated rings. The number of hydrogen-bond donors (Lipinski definition) is 3. The van der Waals surface area contributed by atoms with Gasteiger partial charge >= 0.3 is 0 Å². The van der Waals surface area contributed by atoms with Gasteiger partial charge in [0.2, 0.25) is 5.91 Å². The molecule has 0 radical (unpaired) electrons. The number of thiol groups is 1. The molecule has 1 saturated heterocycles. The Balaban J connectivity index is 0.00000112. The van der Waals surface area contributed by atoms with Crippen LogP contribution in [0, 0.1) is 0 Å². The number of benzene rings is 1. The summed E-state index contributed by atoms with van der Waals surface area (Å²) in [7, 11) is 0. The van der Waals surface area contributed by atoms with Gasteiger partial charge in [0.05, 0.1) is 11.9 Å². The first kappa shape index (κ1) is 22.3. The number of amides is 1. The molecule has 0 bridgehead atoms. The summed E-state index contributed by atoms with van der Waals surface area (Å²) in [5.74, 6) is 0.497. The van der Waals surface area contributed by atoms with E-state index in [2.05, 4.69) is 12.6 Å². The van der Waals surface area contributed by atoms with Crippen molar-refractivity contribution >= 4 is 30.3 Å². The van der Waals surface area contributed by atoms with Crippen molar-refractivity contribution in [3.05, 3.63) is 35.9 Å². The van der Waals surface area contributed by atoms with E-state index in [1.54, 1.807) is 13.2 Å². The number of rotatable bonds is 5. The highest BCUT2D eigenvalue weighted by molar-refractivity contribution is 8.00. The van der Waals surface area contributed by atoms with Crippen LogP contribution in [0.4, 0.5) is 0 Å². The van der Waals surface area contributed by atoms with Gasteiger partial charge in [-0.2, -0.15) is 24.4 Å². The van der Waals surface area contributed by atoms with Gasteiger partial charge in [0, 0.05) is 18.7 Å². The molecule has 0 aromatic heterocycles. The predicted octanol–water partition coefficient (Wildman–Crippen LogP) is 2.79. The smallest absolute Gasteiger partial charge is 0.226 e. The van der Waals surface area contributed by atoms with E-state index in [4.69, 9.17) is 5.11 Å². The maximum Gasteiger partial charge on any atom is 0.226 e. The van der Waals surface area contributed by atoms with Crippen molar-refractivity contribution in [3.63, 3.8) is 0 Å². The van der Waals surface area contributed by atoms with Gasteiger partial charge in [0.15, 0.2) is 0 Å². The van der Waals surface area contributed by atoms with E-state index in [1.807, 2.05) is 44.2 Å². The number of thioether (sulfide) groups is 1. The molecule has 1 aromatic carbocycles. The summed E-state index contributed by atoms with van der Waals surface area (Å²) in [5.41, 5.74) is -0.156. The van der Waals surface area contributed by atoms with E-state index in [1.165, 1.54) is 16.7 Å². The van der Waals surface area contributed by atoms with E-state index in [9.17, 15) is 9.90 Å². The molecule has 0 aliphatic carbocycles. The maximum atomic E-state index is 12.1. The SMILES string of the molecule is CC.CC1(O)C(SCCO)CC(=O)N1Cc1ccccc1.CS. The van der Waals surface area contributed by atoms with Crippen LogP contribution in [0.2, 0.25) is 0 Å². The highest BCUT2D eigenvalue weighted by Gasteiger charge is 2.48. The molecule has 132 valence electrons. The third-order valence-corrected chi connectivity index (χ3v) is 4.85. The van der Waals surface area contributed by atoms with E-state index < -0.39 is 5.72 Å². The zero-order chi connectivity index (χ0) is 17.9. The van der Waals surface area contributed by atoms with Crippen LogP contribution in [0.1, 0.15) is 32.8 Å². The molecule has 1 aromatic rings. The number of hydrogen-bond acceptors (Lipinski definition) is 5. The zero-order valence-corrected chi connectivity index (χ0v) is 16.1. The molecule has 4 nitrogen and oxygen atoms in total. The number of carbonyl (C=O) groups is 1. The first-order chi connectivity index (χ1) is 11.1. The Labute approximate surface area is 149 Å². The summed E-state index contributed by atoms with van der Waals surface area (Å²) in [6, 6.07) is 9.65. The van der Waals surface area contributed by atoms with Gasteiger partial charge in [0.1, 0.15) is 5.72 Å². The normalized spacial score (nSPS) is 22.8. The monoisotopic (exact) mass is 359 g/mol. The van der Waals surface area contributed by atoms with Crippen molar-refractivity contribution in [1.82, 2.24) is 4.90 Å². The Hall–Kier alpha value is -0.690. The first-order valence-electron chi connectivity index (χ1n) is 7.79. The number of carbonyl (C=O) groups excluding carboxylic acids is 1. The van der Waals surface area contributed by atoms with Gasteiger partial charge in [0.25, 0.3) is 0 Å². The van der Waals surface area contributed by atoms with Crippen molar-refractivity contribution in [1.29, 1.82) is 0 Å². The average molecular weight is 360 g/mol. The molecule has 0 saturated carbocycles. The molecule has 23 heavy (non-hydrogen) atoms. The summed E-state index contributed by atoms with van der Waals surface area (Å²) in [5, 5.41) is 19.3. The molecule has 1 aliphatic rings. The van der Waals surface area contributed by atoms with Crippen LogP contribution in [0.25, 0.3) is 0 Å². The summed E-state index contributed by atoms with van der Waals surface area (Å²) >= 11 is 4.97. The fourth-order valence-electron chi connectivity index (χ4n) is 2.31. The van der Waals surface area contributed by atoms with Crippen LogP contribution in [0.15, 0.2) is 30.3 Å². The zero-order valence-electron chi connectivity index (χ0n) is 14.4. The topological polar surface area (TPSA) is 60.8 Å². The molecule has 2 atom stereocenters. The van der Waals surface area contributed by atoms with Crippen LogP contribution in [-0.4, -0.2) is 50.6 Å². The van der Waals surface area contributed by atoms with Crippen LogP contribution < -0.4 is 0 Å². The number of nitrogens with zero attached hydrogens (tertiary/aromatic N) is 1. The van der Waals surface area contributed by atoms with Crippen molar-refractivity contribution in [2.45, 2.75) is 44.7 Å². The maximum absolute atomic E-state index is 12.1. The second-order valence-corrected chi connectivity index (χ2v) is 6.16. The Morgan fingerprint density at radius 2 is 1.87 bits per heavy atom. The minimum absolute atomic E-state index is 0.0377. The molecule has 1 heterocycles. The lowest BCUT2D eigenvalue weighted by atomic mass is 10.1. The minimum atomic E-state index is -1.16. The van der Waals surface area contributed by atoms with Crippen molar-refractivity contribution in [2.24, 2.45) is 0 Å². The third-order valence-electron chi connectivity index (χ3n) is 3.41. The number of aliphatic hydroxyl groups excluding tert-OH is 1. The van der Waals surface area contributed by atoms with Crippen LogP contribution in [0.3, 0.4) is 0 Å². The van der Waals surface area contributed by atoms with Gasteiger partial charge < -0.3 is 15.1 Å². The summed E-state index contributed by atoms with van der Waals surface area (Å²) < 4.78 is 0. The Morgan fingerprint density at radius 3 is 2.39 bits per heavy atom. The lowest BCUT2D eigenvalue weighted by Gasteiger charge is -2.34. The van der Waals surface area contributed by atoms with Crippen molar-refractivity contribution in [3.8, 4) is 0 Å². The molecular weight excluding hydrogens is 330 g/mol. The summed E-state index contributed by atoms with van der Waals surface area (Å²) in [6.07, 6.45) is 2.02. The molecular formula is C17H29NO3S2. The molecule has 0 spiro atoms. The molecule has 2 unspecified atom stereocenters. The molecule has 2 rings (SSSR count). The van der Waals surface area contributed by atoms with Crippen molar-refractivity contribution < 1.29 is 15.0 Å². The predicted molar refractivity (Wildman–Crippen MR) is 102 cm³/mol. The van der Waals surface area contributed by atoms with E-state index in [0.717, 1.165) is 5.56 Å². The van der Waals surface area contributed by atoms with Crippen molar-refractivity contribution in [2.75, 3.05) is 18.6 Å². The lowest BCUT2D eigenvalue weighted by Crippen LogP contribution is -2.47. The Kier molecular flexibility index (Phi) is 11.4. The highest BCUT2D eigenvalue weighted by atomic mass is 32.2. The minimum Gasteiger partial charge on any atom is -0.396 e. The molecule has 1 aliphatic heterocycles. The average Bonchev–Trinajstić information content (AvgIpc) is 2.80. The largest absolute Gasteiger partial charge is 0.396 e. The first-order valence-corrected chi connectivity index (χ1v) is 9.74. The van der Waals surface area contributed by atoms with Gasteiger partial charge in [-0.05, 0) is 18.7 Å². The molecule has 1 amide bonds. The van der Waals surface area contributed by atoms with Gasteiger partial charge in [-0.3, -0.25) is 4.79 Å². The Bertz CT molecular complexity index is 441. The summed E-state index contributed by atoms with van der Waals surface area (Å²) in [4.78, 5) is 13.6. The van der Waals surface area contributed by atoms with E-state index in [-0.39, 0.29) is 17.8 Å². The number of likely N-dealkylation sites (tertiary alicyclic amines) is 1. The fourth-order valence-corrected chi connectivity index (χ4v) is 3.41. The van der Waals surface area contributed by atoms with Crippen LogP contribution >= 0.6 is 24.4 Å². The highest BCUT2D eigenvalue weighted by Crippen LogP contribution is 2.37. The number of aliphatic hydroxyl groups is 2. The van der Waals surface area contributed by atoms with Gasteiger partial charge in [-0.15, -0.1) is 0 Å². The molecule has 2 N–H and O–H groups in total. The second kappa shape index (κ2) is 11.8. The lowest BCUT2D eigenvalue weighted by molar-refractivity contribution is -0.143. The van der Waals surface area contributed by atoms with E-state index >= 15 is 0 Å². The quantitative estimate of drug-likeness (QED) is 0.708. The third kappa shape index (κ3) is 6.37. The molecule has 6 heteroatoms. The van der Waals surface area contributed by atoms with Crippen LogP contribution in [-0.2, 0) is 11.3 Å². The van der Waals surface area contributed by atoms with Gasteiger partial charge in [-0.1, -0.05) is 44.2 Å². The van der Waals surface area contributed by atoms with E-state index in [0.29, 0.717) is 18.7 Å². The summed E-state index contributed by atoms with van der Waals surface area (Å²) in [6.45, 7) is 6.16. The van der Waals surface area contributed by atoms with Gasteiger partial charge in [-0.25, -0.2) is 0 Å². The second-order valence-electron chi connectivity index (χ2n) is 4.85. The Morgan fingerprint density at radius 1 is 1.30 bits per heavy atom. The standard InChI is InChI=1S/C14H19NO3S.C2H6.CH4S/c1-14(18)12(19-8-7-16)9-13(17)15(14)10-11-5-3-2-4-6-11;2*1-2/h2-6,12,16,18H,7-10H2,1H3;1-2H3;2H,1H3.